The van der Waals surface area contributed by atoms with Gasteiger partial charge in [-0.2, -0.15) is 4.98 Å². The molecule has 256 valence electrons. The minimum Gasteiger partial charge on any atom is -0.495 e. The molecule has 3 aromatic rings. The zero-order valence-corrected chi connectivity index (χ0v) is 29.0. The minimum absolute atomic E-state index is 0.00529. The van der Waals surface area contributed by atoms with Crippen LogP contribution in [0.15, 0.2) is 47.9 Å². The van der Waals surface area contributed by atoms with Crippen molar-refractivity contribution in [2.75, 3.05) is 66.5 Å². The number of nitrogens with one attached hydrogen (secondary N) is 1. The van der Waals surface area contributed by atoms with Gasteiger partial charge in [0.05, 0.1) is 42.5 Å². The maximum absolute atomic E-state index is 14.4. The van der Waals surface area contributed by atoms with E-state index < -0.39 is 0 Å². The monoisotopic (exact) mass is 698 g/mol. The SMILES string of the molecule is C=CC(=O)CC1CCOCC1Nc1ncc2cc(-c3c(Cl)c(OC)cc(OC)c3Cl)c(=O)n(CC3CN(C(=O)/C=C/CN(C)C)C3)c2n1. The first-order valence-electron chi connectivity index (χ1n) is 15.6. The summed E-state index contributed by atoms with van der Waals surface area (Å²) >= 11 is 13.5. The topological polar surface area (TPSA) is 128 Å². The highest BCUT2D eigenvalue weighted by atomic mass is 35.5. The Morgan fingerprint density at radius 1 is 1.17 bits per heavy atom. The van der Waals surface area contributed by atoms with Crippen LogP contribution in [0.2, 0.25) is 10.0 Å². The van der Waals surface area contributed by atoms with Crippen LogP contribution in [-0.4, -0.2) is 103 Å². The Balaban J connectivity index is 1.54. The van der Waals surface area contributed by atoms with Crippen molar-refractivity contribution in [3.8, 4) is 22.6 Å². The van der Waals surface area contributed by atoms with Gasteiger partial charge in [-0.1, -0.05) is 35.9 Å². The van der Waals surface area contributed by atoms with Gasteiger partial charge < -0.3 is 29.3 Å². The van der Waals surface area contributed by atoms with Crippen molar-refractivity contribution in [3.63, 3.8) is 0 Å². The third kappa shape index (κ3) is 7.67. The summed E-state index contributed by atoms with van der Waals surface area (Å²) < 4.78 is 18.2. The van der Waals surface area contributed by atoms with Crippen molar-refractivity contribution in [3.05, 3.63) is 63.5 Å². The standard InChI is InChI=1S/C34H40Cl2N6O6/c1-6-23(43)12-21-9-11-48-19-25(21)38-34-37-15-22-13-24(29-30(35)26(46-4)14-27(47-5)31(29)36)33(45)42(32(22)39-34)18-20-16-41(17-20)28(44)8-7-10-40(2)3/h6-8,13-15,20-21,25H,1,9-12,16-19H2,2-5H3,(H,37,38,39)/b8-7+. The number of hydrogen-bond acceptors (Lipinski definition) is 10. The number of nitrogens with zero attached hydrogens (tertiary/aromatic N) is 5. The third-order valence-electron chi connectivity index (χ3n) is 8.62. The summed E-state index contributed by atoms with van der Waals surface area (Å²) in [6, 6.07) is 3.01. The molecule has 0 radical (unpaired) electrons. The zero-order chi connectivity index (χ0) is 34.5. The number of benzene rings is 1. The molecule has 2 aliphatic heterocycles. The minimum atomic E-state index is -0.377. The molecule has 14 heteroatoms. The number of likely N-dealkylation sites (N-methyl/N-ethyl adjacent to an activating group) is 1. The smallest absolute Gasteiger partial charge is 0.260 e. The van der Waals surface area contributed by atoms with Crippen LogP contribution in [0, 0.1) is 11.8 Å². The van der Waals surface area contributed by atoms with E-state index in [9.17, 15) is 14.4 Å². The number of ether oxygens (including phenoxy) is 3. The Kier molecular flexibility index (Phi) is 11.4. The van der Waals surface area contributed by atoms with Crippen molar-refractivity contribution in [1.29, 1.82) is 0 Å². The number of allylic oxidation sites excluding steroid dienone is 1. The number of fused-ring (bicyclic) bond motifs is 1. The van der Waals surface area contributed by atoms with E-state index in [1.165, 1.54) is 20.3 Å². The summed E-state index contributed by atoms with van der Waals surface area (Å²) in [6.45, 7) is 6.43. The van der Waals surface area contributed by atoms with E-state index in [1.54, 1.807) is 33.9 Å². The molecule has 2 saturated heterocycles. The summed E-state index contributed by atoms with van der Waals surface area (Å²) in [6.07, 6.45) is 7.40. The van der Waals surface area contributed by atoms with E-state index in [-0.39, 0.29) is 62.8 Å². The Bertz CT molecular complexity index is 1760. The summed E-state index contributed by atoms with van der Waals surface area (Å²) in [5.74, 6) is 0.770. The van der Waals surface area contributed by atoms with E-state index in [1.807, 2.05) is 25.1 Å². The quantitative estimate of drug-likeness (QED) is 0.258. The van der Waals surface area contributed by atoms with Crippen LogP contribution in [0.3, 0.4) is 0 Å². The summed E-state index contributed by atoms with van der Waals surface area (Å²) in [4.78, 5) is 52.4. The molecule has 5 rings (SSSR count). The van der Waals surface area contributed by atoms with E-state index in [2.05, 4.69) is 16.9 Å². The number of pyridine rings is 1. The molecule has 0 aliphatic carbocycles. The summed E-state index contributed by atoms with van der Waals surface area (Å²) in [5.41, 5.74) is 0.510. The number of rotatable bonds is 13. The van der Waals surface area contributed by atoms with E-state index in [0.717, 1.165) is 0 Å². The fraction of sp³-hybridized carbons (Fsp3) is 0.441. The van der Waals surface area contributed by atoms with Gasteiger partial charge >= 0.3 is 0 Å². The fourth-order valence-electron chi connectivity index (χ4n) is 5.99. The number of aromatic nitrogens is 3. The fourth-order valence-corrected chi connectivity index (χ4v) is 6.69. The van der Waals surface area contributed by atoms with Gasteiger partial charge in [-0.15, -0.1) is 0 Å². The van der Waals surface area contributed by atoms with Gasteiger partial charge in [0.15, 0.2) is 5.78 Å². The van der Waals surface area contributed by atoms with Crippen LogP contribution in [0.25, 0.3) is 22.2 Å². The lowest BCUT2D eigenvalue weighted by molar-refractivity contribution is -0.132. The number of halogens is 2. The Morgan fingerprint density at radius 3 is 2.52 bits per heavy atom. The summed E-state index contributed by atoms with van der Waals surface area (Å²) in [5, 5.41) is 4.23. The van der Waals surface area contributed by atoms with Crippen LogP contribution in [-0.2, 0) is 20.9 Å². The highest BCUT2D eigenvalue weighted by molar-refractivity contribution is 6.41. The predicted molar refractivity (Wildman–Crippen MR) is 186 cm³/mol. The van der Waals surface area contributed by atoms with Crippen LogP contribution >= 0.6 is 23.2 Å². The van der Waals surface area contributed by atoms with Crippen molar-refractivity contribution in [1.82, 2.24) is 24.3 Å². The lowest BCUT2D eigenvalue weighted by atomic mass is 9.90. The second kappa shape index (κ2) is 15.5. The van der Waals surface area contributed by atoms with Gasteiger partial charge in [0.25, 0.3) is 5.56 Å². The average Bonchev–Trinajstić information content (AvgIpc) is 3.04. The predicted octanol–water partition coefficient (Wildman–Crippen LogP) is 4.32. The third-order valence-corrected chi connectivity index (χ3v) is 9.37. The van der Waals surface area contributed by atoms with Gasteiger partial charge in [0, 0.05) is 74.4 Å². The number of anilines is 1. The van der Waals surface area contributed by atoms with Crippen molar-refractivity contribution in [2.24, 2.45) is 11.8 Å². The first-order valence-corrected chi connectivity index (χ1v) is 16.4. The zero-order valence-electron chi connectivity index (χ0n) is 27.5. The van der Waals surface area contributed by atoms with Gasteiger partial charge in [-0.05, 0) is 38.6 Å². The lowest BCUT2D eigenvalue weighted by Gasteiger charge is -2.39. The normalized spacial score (nSPS) is 18.3. The van der Waals surface area contributed by atoms with Crippen molar-refractivity contribution >= 4 is 51.9 Å². The molecule has 1 N–H and O–H groups in total. The number of methoxy groups -OCH3 is 2. The summed E-state index contributed by atoms with van der Waals surface area (Å²) in [7, 11) is 6.80. The van der Waals surface area contributed by atoms with Crippen LogP contribution in [0.1, 0.15) is 12.8 Å². The molecule has 1 aromatic carbocycles. The first-order chi connectivity index (χ1) is 23.0. The molecular formula is C34H40Cl2N6O6. The molecule has 0 bridgehead atoms. The molecular weight excluding hydrogens is 659 g/mol. The highest BCUT2D eigenvalue weighted by Crippen LogP contribution is 2.45. The van der Waals surface area contributed by atoms with Gasteiger partial charge in [-0.3, -0.25) is 19.0 Å². The molecule has 1 amide bonds. The number of carbonyl (C=O) groups is 2. The number of hydrogen-bond donors (Lipinski definition) is 1. The number of carbonyl (C=O) groups excluding carboxylic acids is 2. The molecule has 2 fully saturated rings. The van der Waals surface area contributed by atoms with Crippen LogP contribution in [0.4, 0.5) is 5.95 Å². The van der Waals surface area contributed by atoms with Gasteiger partial charge in [0.1, 0.15) is 17.1 Å². The molecule has 2 aliphatic rings. The second-order valence-electron chi connectivity index (χ2n) is 12.3. The largest absolute Gasteiger partial charge is 0.495 e. The molecule has 2 atom stereocenters. The first kappa shape index (κ1) is 35.3. The number of ketones is 1. The van der Waals surface area contributed by atoms with Gasteiger partial charge in [-0.25, -0.2) is 4.98 Å². The van der Waals surface area contributed by atoms with E-state index >= 15 is 0 Å². The Morgan fingerprint density at radius 2 is 1.88 bits per heavy atom. The van der Waals surface area contributed by atoms with Crippen molar-refractivity contribution in [2.45, 2.75) is 25.4 Å². The lowest BCUT2D eigenvalue weighted by Crippen LogP contribution is -2.51. The van der Waals surface area contributed by atoms with E-state index in [0.29, 0.717) is 74.2 Å². The average molecular weight is 700 g/mol. The second-order valence-corrected chi connectivity index (χ2v) is 13.0. The molecule has 0 saturated carbocycles. The number of likely N-dealkylation sites (tertiary alicyclic amines) is 1. The molecule has 48 heavy (non-hydrogen) atoms. The Hall–Kier alpha value is -3.97. The van der Waals surface area contributed by atoms with Gasteiger partial charge in [0.2, 0.25) is 11.9 Å². The maximum atomic E-state index is 14.4. The number of amides is 1. The maximum Gasteiger partial charge on any atom is 0.260 e. The molecule has 0 spiro atoms. The molecule has 12 nitrogen and oxygen atoms in total. The van der Waals surface area contributed by atoms with Crippen LogP contribution in [0.5, 0.6) is 11.5 Å². The van der Waals surface area contributed by atoms with Crippen LogP contribution < -0.4 is 20.3 Å². The highest BCUT2D eigenvalue weighted by Gasteiger charge is 2.32. The Labute approximate surface area is 289 Å². The molecule has 2 unspecified atom stereocenters. The van der Waals surface area contributed by atoms with E-state index in [4.69, 9.17) is 42.4 Å². The van der Waals surface area contributed by atoms with Crippen molar-refractivity contribution < 1.29 is 23.8 Å². The molecule has 4 heterocycles. The molecule has 2 aromatic heterocycles.